The highest BCUT2D eigenvalue weighted by Crippen LogP contribution is 2.40. The Kier molecular flexibility index (Phi) is 4.59. The van der Waals surface area contributed by atoms with Crippen LogP contribution in [0.1, 0.15) is 26.2 Å². The van der Waals surface area contributed by atoms with E-state index in [0.717, 1.165) is 25.9 Å². The highest BCUT2D eigenvalue weighted by Gasteiger charge is 2.51. The molecule has 0 spiro atoms. The average molecular weight is 257 g/mol. The lowest BCUT2D eigenvalue weighted by Gasteiger charge is -2.31. The maximum Gasteiger partial charge on any atom is 0.329 e. The summed E-state index contributed by atoms with van der Waals surface area (Å²) in [5.74, 6) is 0.151. The van der Waals surface area contributed by atoms with Gasteiger partial charge in [0.1, 0.15) is 5.54 Å². The van der Waals surface area contributed by atoms with E-state index < -0.39 is 5.54 Å². The van der Waals surface area contributed by atoms with Crippen LogP contribution in [0.3, 0.4) is 0 Å². The lowest BCUT2D eigenvalue weighted by atomic mass is 9.94. The quantitative estimate of drug-likeness (QED) is 0.681. The molecule has 2 unspecified atom stereocenters. The minimum atomic E-state index is -0.668. The molecule has 1 aliphatic carbocycles. The molecular formula is C13H23NO4. The number of esters is 1. The van der Waals surface area contributed by atoms with Gasteiger partial charge in [-0.2, -0.15) is 0 Å². The van der Waals surface area contributed by atoms with Gasteiger partial charge in [-0.1, -0.05) is 0 Å². The molecule has 0 aromatic carbocycles. The number of likely N-dealkylation sites (N-methyl/N-ethyl adjacent to an activating group) is 1. The number of rotatable bonds is 7. The van der Waals surface area contributed by atoms with Crippen molar-refractivity contribution in [3.63, 3.8) is 0 Å². The molecule has 0 amide bonds. The Morgan fingerprint density at radius 3 is 2.72 bits per heavy atom. The Morgan fingerprint density at radius 2 is 2.22 bits per heavy atom. The third-order valence-corrected chi connectivity index (χ3v) is 3.79. The van der Waals surface area contributed by atoms with Crippen LogP contribution in [0.15, 0.2) is 0 Å². The molecule has 5 nitrogen and oxygen atoms in total. The van der Waals surface area contributed by atoms with Crippen LogP contribution in [0, 0.1) is 5.92 Å². The molecular weight excluding hydrogens is 234 g/mol. The van der Waals surface area contributed by atoms with Crippen molar-refractivity contribution in [2.45, 2.75) is 37.8 Å². The molecule has 1 saturated carbocycles. The molecule has 1 N–H and O–H groups in total. The zero-order chi connectivity index (χ0) is 13.0. The SMILES string of the molecule is CCOC(=O)C(COC1CCOC1)(NC)C1CC1. The first-order valence-corrected chi connectivity index (χ1v) is 6.78. The first kappa shape index (κ1) is 13.8. The van der Waals surface area contributed by atoms with Crippen LogP contribution in [0.4, 0.5) is 0 Å². The van der Waals surface area contributed by atoms with Gasteiger partial charge in [-0.25, -0.2) is 4.79 Å². The standard InChI is InChI=1S/C13H23NO4/c1-3-17-12(15)13(14-2,10-4-5-10)9-18-11-6-7-16-8-11/h10-11,14H,3-9H2,1-2H3. The number of carbonyl (C=O) groups excluding carboxylic acids is 1. The van der Waals surface area contributed by atoms with Crippen molar-refractivity contribution >= 4 is 5.97 Å². The largest absolute Gasteiger partial charge is 0.465 e. The van der Waals surface area contributed by atoms with Crippen molar-refractivity contribution in [1.82, 2.24) is 5.32 Å². The number of carbonyl (C=O) groups is 1. The second-order valence-corrected chi connectivity index (χ2v) is 5.01. The van der Waals surface area contributed by atoms with E-state index in [1.54, 1.807) is 0 Å². The van der Waals surface area contributed by atoms with Crippen LogP contribution < -0.4 is 5.32 Å². The van der Waals surface area contributed by atoms with Crippen LogP contribution >= 0.6 is 0 Å². The molecule has 1 heterocycles. The summed E-state index contributed by atoms with van der Waals surface area (Å²) in [7, 11) is 1.81. The van der Waals surface area contributed by atoms with Gasteiger partial charge in [-0.05, 0) is 39.2 Å². The molecule has 2 rings (SSSR count). The summed E-state index contributed by atoms with van der Waals surface area (Å²) in [5.41, 5.74) is -0.668. The Hall–Kier alpha value is -0.650. The van der Waals surface area contributed by atoms with Gasteiger partial charge >= 0.3 is 5.97 Å². The van der Waals surface area contributed by atoms with Gasteiger partial charge in [0.15, 0.2) is 0 Å². The molecule has 2 fully saturated rings. The van der Waals surface area contributed by atoms with E-state index in [4.69, 9.17) is 14.2 Å². The summed E-state index contributed by atoms with van der Waals surface area (Å²) in [4.78, 5) is 12.2. The first-order chi connectivity index (χ1) is 8.73. The highest BCUT2D eigenvalue weighted by molar-refractivity contribution is 5.82. The lowest BCUT2D eigenvalue weighted by molar-refractivity contribution is -0.156. The molecule has 0 aromatic rings. The van der Waals surface area contributed by atoms with Crippen LogP contribution in [-0.2, 0) is 19.0 Å². The Labute approximate surface area is 108 Å². The zero-order valence-corrected chi connectivity index (χ0v) is 11.2. The zero-order valence-electron chi connectivity index (χ0n) is 11.2. The Bertz CT molecular complexity index is 287. The number of ether oxygens (including phenoxy) is 3. The summed E-state index contributed by atoms with van der Waals surface area (Å²) in [6.45, 7) is 3.99. The maximum absolute atomic E-state index is 12.2. The van der Waals surface area contributed by atoms with Crippen molar-refractivity contribution in [3.05, 3.63) is 0 Å². The van der Waals surface area contributed by atoms with Crippen molar-refractivity contribution in [3.8, 4) is 0 Å². The normalized spacial score (nSPS) is 26.9. The van der Waals surface area contributed by atoms with Gasteiger partial charge in [0.05, 0.1) is 25.9 Å². The minimum absolute atomic E-state index is 0.117. The van der Waals surface area contributed by atoms with Crippen LogP contribution in [0.5, 0.6) is 0 Å². The van der Waals surface area contributed by atoms with E-state index >= 15 is 0 Å². The molecule has 1 aliphatic heterocycles. The highest BCUT2D eigenvalue weighted by atomic mass is 16.6. The van der Waals surface area contributed by atoms with E-state index in [-0.39, 0.29) is 12.1 Å². The van der Waals surface area contributed by atoms with Gasteiger partial charge < -0.3 is 19.5 Å². The van der Waals surface area contributed by atoms with E-state index in [2.05, 4.69) is 5.32 Å². The Balaban J connectivity index is 1.96. The number of nitrogens with one attached hydrogen (secondary N) is 1. The van der Waals surface area contributed by atoms with Gasteiger partial charge in [0.2, 0.25) is 0 Å². The van der Waals surface area contributed by atoms with E-state index in [1.807, 2.05) is 14.0 Å². The van der Waals surface area contributed by atoms with Crippen LogP contribution in [0.2, 0.25) is 0 Å². The van der Waals surface area contributed by atoms with E-state index in [9.17, 15) is 4.79 Å². The topological polar surface area (TPSA) is 56.8 Å². The van der Waals surface area contributed by atoms with Gasteiger partial charge in [0, 0.05) is 6.61 Å². The fourth-order valence-corrected chi connectivity index (χ4v) is 2.45. The summed E-state index contributed by atoms with van der Waals surface area (Å²) in [6.07, 6.45) is 3.15. The molecule has 0 radical (unpaired) electrons. The van der Waals surface area contributed by atoms with Gasteiger partial charge in [0.25, 0.3) is 0 Å². The maximum atomic E-state index is 12.2. The number of hydrogen-bond donors (Lipinski definition) is 1. The number of hydrogen-bond acceptors (Lipinski definition) is 5. The van der Waals surface area contributed by atoms with E-state index in [1.165, 1.54) is 0 Å². The second kappa shape index (κ2) is 5.99. The predicted molar refractivity (Wildman–Crippen MR) is 66.3 cm³/mol. The van der Waals surface area contributed by atoms with Crippen LogP contribution in [-0.4, -0.2) is 51.1 Å². The molecule has 2 atom stereocenters. The Morgan fingerprint density at radius 1 is 1.44 bits per heavy atom. The first-order valence-electron chi connectivity index (χ1n) is 6.78. The van der Waals surface area contributed by atoms with Gasteiger partial charge in [-0.3, -0.25) is 0 Å². The van der Waals surface area contributed by atoms with Crippen molar-refractivity contribution < 1.29 is 19.0 Å². The molecule has 0 bridgehead atoms. The molecule has 1 saturated heterocycles. The molecule has 2 aliphatic rings. The third-order valence-electron chi connectivity index (χ3n) is 3.79. The molecule has 18 heavy (non-hydrogen) atoms. The third kappa shape index (κ3) is 2.84. The minimum Gasteiger partial charge on any atom is -0.465 e. The lowest BCUT2D eigenvalue weighted by Crippen LogP contribution is -2.57. The van der Waals surface area contributed by atoms with Crippen LogP contribution in [0.25, 0.3) is 0 Å². The van der Waals surface area contributed by atoms with E-state index in [0.29, 0.717) is 25.7 Å². The van der Waals surface area contributed by atoms with Crippen molar-refractivity contribution in [2.75, 3.05) is 33.5 Å². The summed E-state index contributed by atoms with van der Waals surface area (Å²) < 4.78 is 16.3. The molecule has 0 aromatic heterocycles. The summed E-state index contributed by atoms with van der Waals surface area (Å²) in [5, 5.41) is 3.15. The smallest absolute Gasteiger partial charge is 0.329 e. The van der Waals surface area contributed by atoms with Crippen molar-refractivity contribution in [2.24, 2.45) is 5.92 Å². The average Bonchev–Trinajstić information content (AvgIpc) is 3.08. The summed E-state index contributed by atoms with van der Waals surface area (Å²) in [6, 6.07) is 0. The predicted octanol–water partition coefficient (Wildman–Crippen LogP) is 0.723. The molecule has 104 valence electrons. The molecule has 5 heteroatoms. The second-order valence-electron chi connectivity index (χ2n) is 5.01. The summed E-state index contributed by atoms with van der Waals surface area (Å²) >= 11 is 0. The fourth-order valence-electron chi connectivity index (χ4n) is 2.45. The monoisotopic (exact) mass is 257 g/mol. The fraction of sp³-hybridized carbons (Fsp3) is 0.923. The van der Waals surface area contributed by atoms with Crippen molar-refractivity contribution in [1.29, 1.82) is 0 Å². The van der Waals surface area contributed by atoms with Gasteiger partial charge in [-0.15, -0.1) is 0 Å².